The lowest BCUT2D eigenvalue weighted by atomic mass is 10.00. The average Bonchev–Trinajstić information content (AvgIpc) is 3.48. The molecule has 1 saturated heterocycles. The summed E-state index contributed by atoms with van der Waals surface area (Å²) in [5, 5.41) is -1.15. The van der Waals surface area contributed by atoms with Crippen molar-refractivity contribution in [2.24, 2.45) is 0 Å². The van der Waals surface area contributed by atoms with Crippen molar-refractivity contribution in [1.82, 2.24) is 0 Å². The van der Waals surface area contributed by atoms with Crippen LogP contribution in [0.4, 0.5) is 0 Å². The molecule has 0 amide bonds. The summed E-state index contributed by atoms with van der Waals surface area (Å²) >= 11 is 0. The van der Waals surface area contributed by atoms with Gasteiger partial charge in [0.05, 0.1) is 22.7 Å². The fourth-order valence-corrected chi connectivity index (χ4v) is 9.05. The molecule has 49 heavy (non-hydrogen) atoms. The Bertz CT molecular complexity index is 1450. The van der Waals surface area contributed by atoms with Gasteiger partial charge in [0.15, 0.2) is 24.3 Å². The predicted molar refractivity (Wildman–Crippen MR) is 202 cm³/mol. The van der Waals surface area contributed by atoms with Crippen molar-refractivity contribution in [3.8, 4) is 0 Å². The highest BCUT2D eigenvalue weighted by molar-refractivity contribution is 7.92. The fourth-order valence-electron chi connectivity index (χ4n) is 5.37. The van der Waals surface area contributed by atoms with Gasteiger partial charge in [0.25, 0.3) is 0 Å². The van der Waals surface area contributed by atoms with Gasteiger partial charge in [0.2, 0.25) is 0 Å². The zero-order valence-electron chi connectivity index (χ0n) is 31.4. The molecule has 3 rings (SSSR count). The third-order valence-corrected chi connectivity index (χ3v) is 17.7. The maximum atomic E-state index is 14.4. The molecule has 0 saturated carbocycles. The maximum absolute atomic E-state index is 14.4. The van der Waals surface area contributed by atoms with Crippen molar-refractivity contribution in [3.63, 3.8) is 0 Å². The Hall–Kier alpha value is -2.13. The number of hydrogen-bond acceptors (Lipinski definition) is 8. The smallest absolute Gasteiger partial charge is 0.338 e. The lowest BCUT2D eigenvalue weighted by molar-refractivity contribution is -0.167. The summed E-state index contributed by atoms with van der Waals surface area (Å²) in [6, 6.07) is 17.8. The van der Waals surface area contributed by atoms with E-state index in [1.54, 1.807) is 60.7 Å². The minimum atomic E-state index is -4.05. The Balaban J connectivity index is 2.00. The third kappa shape index (κ3) is 12.6. The SMILES string of the molecule is CC(C)=CC(C(OC(=O)c1ccccc1)[C@@H](OCOCC[Si](C)(C)C)[C@H]1CC[C@H](CCO[Si](C)(C)C(C)(C)C)O1)S(=O)(=O)c1ccccc1. The summed E-state index contributed by atoms with van der Waals surface area (Å²) in [6.07, 6.45) is 0.920. The molecule has 2 aromatic carbocycles. The summed E-state index contributed by atoms with van der Waals surface area (Å²) in [5.74, 6) is -0.633. The summed E-state index contributed by atoms with van der Waals surface area (Å²) in [7, 11) is -7.34. The lowest BCUT2D eigenvalue weighted by Gasteiger charge is -2.36. The molecular formula is C38H60O8SSi2. The van der Waals surface area contributed by atoms with E-state index in [-0.39, 0.29) is 22.8 Å². The minimum Gasteiger partial charge on any atom is -0.454 e. The van der Waals surface area contributed by atoms with Crippen LogP contribution in [0.15, 0.2) is 77.2 Å². The number of hydrogen-bond donors (Lipinski definition) is 0. The zero-order valence-corrected chi connectivity index (χ0v) is 34.2. The Kier molecular flexibility index (Phi) is 15.1. The molecule has 0 radical (unpaired) electrons. The first-order valence-electron chi connectivity index (χ1n) is 17.5. The van der Waals surface area contributed by atoms with Gasteiger partial charge < -0.3 is 23.4 Å². The average molecular weight is 733 g/mol. The molecular weight excluding hydrogens is 673 g/mol. The largest absolute Gasteiger partial charge is 0.454 e. The van der Waals surface area contributed by atoms with E-state index in [9.17, 15) is 13.2 Å². The van der Waals surface area contributed by atoms with E-state index in [1.807, 2.05) is 19.9 Å². The molecule has 2 aromatic rings. The van der Waals surface area contributed by atoms with Gasteiger partial charge in [0.1, 0.15) is 18.1 Å². The fraction of sp³-hybridized carbons (Fsp3) is 0.605. The van der Waals surface area contributed by atoms with E-state index in [1.165, 1.54) is 0 Å². The van der Waals surface area contributed by atoms with Crippen LogP contribution in [0.1, 0.15) is 64.2 Å². The number of ether oxygens (including phenoxy) is 4. The molecule has 0 spiro atoms. The number of benzene rings is 2. The highest BCUT2D eigenvalue weighted by Crippen LogP contribution is 2.37. The Morgan fingerprint density at radius 1 is 0.939 bits per heavy atom. The molecule has 1 aliphatic rings. The standard InChI is InChI=1S/C38H60O8SSi2/c1-29(2)27-34(47(40,41)32-19-15-12-16-20-32)36(46-37(39)30-17-13-11-14-18-30)35(43-28-42-25-26-48(6,7)8)33-22-21-31(45-33)23-24-44-49(9,10)38(3,4)5/h11-20,27,31,33-36H,21-26,28H2,1-10H3/t31-,33-,34?,35+,36?/m1/s1. The quantitative estimate of drug-likeness (QED) is 0.0494. The van der Waals surface area contributed by atoms with Crippen molar-refractivity contribution in [2.75, 3.05) is 20.0 Å². The number of carbonyl (C=O) groups excluding carboxylic acids is 1. The number of rotatable bonds is 18. The van der Waals surface area contributed by atoms with Crippen molar-refractivity contribution in [2.45, 2.75) is 132 Å². The van der Waals surface area contributed by atoms with E-state index in [4.69, 9.17) is 23.4 Å². The van der Waals surface area contributed by atoms with Crippen molar-refractivity contribution in [1.29, 1.82) is 0 Å². The van der Waals surface area contributed by atoms with Crippen LogP contribution in [0.3, 0.4) is 0 Å². The van der Waals surface area contributed by atoms with Crippen LogP contribution in [-0.2, 0) is 33.2 Å². The second-order valence-corrected chi connectivity index (χ2v) is 28.6. The number of carbonyl (C=O) groups is 1. The van der Waals surface area contributed by atoms with Gasteiger partial charge in [-0.3, -0.25) is 0 Å². The molecule has 274 valence electrons. The van der Waals surface area contributed by atoms with E-state index < -0.39 is 55.8 Å². The van der Waals surface area contributed by atoms with Gasteiger partial charge in [-0.25, -0.2) is 13.2 Å². The second kappa shape index (κ2) is 17.9. The first-order valence-corrected chi connectivity index (χ1v) is 25.7. The number of esters is 1. The lowest BCUT2D eigenvalue weighted by Crippen LogP contribution is -2.51. The molecule has 5 atom stereocenters. The molecule has 0 aliphatic carbocycles. The summed E-state index contributed by atoms with van der Waals surface area (Å²) in [6.45, 7) is 22.7. The van der Waals surface area contributed by atoms with Gasteiger partial charge in [-0.05, 0) is 81.6 Å². The van der Waals surface area contributed by atoms with Crippen molar-refractivity contribution in [3.05, 3.63) is 77.9 Å². The molecule has 8 nitrogen and oxygen atoms in total. The molecule has 1 fully saturated rings. The monoisotopic (exact) mass is 732 g/mol. The van der Waals surface area contributed by atoms with Crippen LogP contribution in [0.2, 0.25) is 43.8 Å². The normalized spacial score (nSPS) is 19.2. The topological polar surface area (TPSA) is 97.4 Å². The highest BCUT2D eigenvalue weighted by Gasteiger charge is 2.47. The van der Waals surface area contributed by atoms with Gasteiger partial charge >= 0.3 is 5.97 Å². The third-order valence-electron chi connectivity index (χ3n) is 9.38. The van der Waals surface area contributed by atoms with Crippen LogP contribution in [0.5, 0.6) is 0 Å². The van der Waals surface area contributed by atoms with Crippen LogP contribution < -0.4 is 0 Å². The Labute approximate surface area is 298 Å². The molecule has 11 heteroatoms. The minimum absolute atomic E-state index is 0.0829. The van der Waals surface area contributed by atoms with E-state index in [2.05, 4.69) is 53.5 Å². The molecule has 1 heterocycles. The number of allylic oxidation sites excluding steroid dienone is 1. The zero-order chi connectivity index (χ0) is 36.5. The summed E-state index contributed by atoms with van der Waals surface area (Å²) in [4.78, 5) is 13.9. The van der Waals surface area contributed by atoms with Crippen molar-refractivity contribution >= 4 is 32.2 Å². The first kappa shape index (κ1) is 41.3. The van der Waals surface area contributed by atoms with Gasteiger partial charge in [-0.1, -0.05) is 88.5 Å². The van der Waals surface area contributed by atoms with Crippen molar-refractivity contribution < 1.29 is 36.6 Å². The summed E-state index contributed by atoms with van der Waals surface area (Å²) < 4.78 is 60.6. The highest BCUT2D eigenvalue weighted by atomic mass is 32.2. The second-order valence-electron chi connectivity index (χ2n) is 16.0. The predicted octanol–water partition coefficient (Wildman–Crippen LogP) is 8.68. The van der Waals surface area contributed by atoms with Crippen LogP contribution in [0.25, 0.3) is 0 Å². The first-order chi connectivity index (χ1) is 22.8. The van der Waals surface area contributed by atoms with E-state index >= 15 is 0 Å². The van der Waals surface area contributed by atoms with Gasteiger partial charge in [-0.2, -0.15) is 0 Å². The Morgan fingerprint density at radius 3 is 2.12 bits per heavy atom. The van der Waals surface area contributed by atoms with Crippen LogP contribution >= 0.6 is 0 Å². The maximum Gasteiger partial charge on any atom is 0.338 e. The molecule has 0 aromatic heterocycles. The molecule has 1 aliphatic heterocycles. The molecule has 0 bridgehead atoms. The van der Waals surface area contributed by atoms with E-state index in [0.29, 0.717) is 31.6 Å². The van der Waals surface area contributed by atoms with Gasteiger partial charge in [0, 0.05) is 21.3 Å². The van der Waals surface area contributed by atoms with E-state index in [0.717, 1.165) is 18.0 Å². The Morgan fingerprint density at radius 2 is 1.55 bits per heavy atom. The van der Waals surface area contributed by atoms with Crippen LogP contribution in [0, 0.1) is 0 Å². The van der Waals surface area contributed by atoms with Gasteiger partial charge in [-0.15, -0.1) is 0 Å². The number of sulfone groups is 1. The molecule has 0 N–H and O–H groups in total. The van der Waals surface area contributed by atoms with Crippen LogP contribution in [-0.4, -0.2) is 80.5 Å². The summed E-state index contributed by atoms with van der Waals surface area (Å²) in [5.41, 5.74) is 1.09. The molecule has 2 unspecified atom stereocenters.